The van der Waals surface area contributed by atoms with Gasteiger partial charge in [0, 0.05) is 20.2 Å². The first kappa shape index (κ1) is 14.0. The van der Waals surface area contributed by atoms with Crippen LogP contribution in [0.25, 0.3) is 0 Å². The first-order valence-corrected chi connectivity index (χ1v) is 5.64. The summed E-state index contributed by atoms with van der Waals surface area (Å²) in [4.78, 5) is 11.6. The van der Waals surface area contributed by atoms with E-state index in [0.717, 1.165) is 0 Å². The number of aryl methyl sites for hydroxylation is 1. The van der Waals surface area contributed by atoms with Crippen LogP contribution in [-0.4, -0.2) is 41.3 Å². The molecule has 2 N–H and O–H groups in total. The third-order valence-corrected chi connectivity index (χ3v) is 2.54. The number of hydrogen-bond donors (Lipinski definition) is 2. The van der Waals surface area contributed by atoms with Crippen molar-refractivity contribution in [2.75, 3.05) is 25.6 Å². The maximum absolute atomic E-state index is 11.6. The molecule has 1 aromatic heterocycles. The van der Waals surface area contributed by atoms with Crippen molar-refractivity contribution in [3.05, 3.63) is 21.6 Å². The lowest BCUT2D eigenvalue weighted by atomic mass is 10.3. The highest BCUT2D eigenvalue weighted by Crippen LogP contribution is 2.14. The number of ether oxygens (including phenoxy) is 1. The van der Waals surface area contributed by atoms with Crippen LogP contribution in [0.2, 0.25) is 5.02 Å². The highest BCUT2D eigenvalue weighted by Gasteiger charge is 2.09. The molecule has 96 valence electrons. The summed E-state index contributed by atoms with van der Waals surface area (Å²) in [6.45, 7) is 2.72. The van der Waals surface area contributed by atoms with E-state index in [0.29, 0.717) is 12.2 Å². The Hall–Kier alpha value is -1.11. The van der Waals surface area contributed by atoms with Crippen LogP contribution in [-0.2, 0) is 11.3 Å². The molecule has 0 fully saturated rings. The van der Waals surface area contributed by atoms with E-state index < -0.39 is 6.10 Å². The highest BCUT2D eigenvalue weighted by molar-refractivity contribution is 6.32. The van der Waals surface area contributed by atoms with Gasteiger partial charge in [0.1, 0.15) is 5.02 Å². The van der Waals surface area contributed by atoms with Crippen molar-refractivity contribution in [3.8, 4) is 0 Å². The molecule has 0 amide bonds. The fourth-order valence-electron chi connectivity index (χ4n) is 1.29. The van der Waals surface area contributed by atoms with Crippen molar-refractivity contribution in [3.63, 3.8) is 0 Å². The zero-order valence-corrected chi connectivity index (χ0v) is 10.6. The van der Waals surface area contributed by atoms with E-state index in [1.807, 2.05) is 0 Å². The monoisotopic (exact) mass is 261 g/mol. The number of aliphatic hydroxyl groups is 1. The molecule has 0 aliphatic rings. The van der Waals surface area contributed by atoms with Crippen molar-refractivity contribution in [2.45, 2.75) is 19.6 Å². The van der Waals surface area contributed by atoms with Crippen molar-refractivity contribution in [1.29, 1.82) is 0 Å². The van der Waals surface area contributed by atoms with Gasteiger partial charge < -0.3 is 15.2 Å². The average molecular weight is 262 g/mol. The molecule has 1 atom stereocenters. The number of methoxy groups -OCH3 is 1. The Morgan fingerprint density at radius 3 is 3.00 bits per heavy atom. The van der Waals surface area contributed by atoms with E-state index in [-0.39, 0.29) is 23.7 Å². The van der Waals surface area contributed by atoms with E-state index in [2.05, 4.69) is 10.4 Å². The minimum atomic E-state index is -0.662. The van der Waals surface area contributed by atoms with Gasteiger partial charge in [0.25, 0.3) is 5.56 Å². The Balaban J connectivity index is 2.73. The number of anilines is 1. The van der Waals surface area contributed by atoms with Gasteiger partial charge in [-0.05, 0) is 6.92 Å². The number of nitrogens with zero attached hydrogens (tertiary/aromatic N) is 2. The van der Waals surface area contributed by atoms with Gasteiger partial charge in [-0.25, -0.2) is 4.68 Å². The van der Waals surface area contributed by atoms with E-state index in [4.69, 9.17) is 16.3 Å². The Labute approximate surface area is 104 Å². The minimum absolute atomic E-state index is 0.0754. The molecule has 1 unspecified atom stereocenters. The van der Waals surface area contributed by atoms with Gasteiger partial charge in [0.2, 0.25) is 0 Å². The zero-order chi connectivity index (χ0) is 12.8. The predicted molar refractivity (Wildman–Crippen MR) is 65.6 cm³/mol. The molecule has 0 saturated carbocycles. The van der Waals surface area contributed by atoms with Crippen LogP contribution in [0, 0.1) is 0 Å². The number of aromatic nitrogens is 2. The Morgan fingerprint density at radius 2 is 2.41 bits per heavy atom. The highest BCUT2D eigenvalue weighted by atomic mass is 35.5. The molecule has 0 spiro atoms. The Bertz CT molecular complexity index is 422. The molecule has 0 aliphatic carbocycles. The molecule has 0 aliphatic heterocycles. The van der Waals surface area contributed by atoms with Crippen LogP contribution in [0.1, 0.15) is 6.92 Å². The summed E-state index contributed by atoms with van der Waals surface area (Å²) in [6, 6.07) is 0. The van der Waals surface area contributed by atoms with Crippen LogP contribution in [0.5, 0.6) is 0 Å². The van der Waals surface area contributed by atoms with Gasteiger partial charge in [-0.2, -0.15) is 5.10 Å². The van der Waals surface area contributed by atoms with Crippen LogP contribution in [0.4, 0.5) is 5.69 Å². The van der Waals surface area contributed by atoms with E-state index in [1.165, 1.54) is 18.0 Å². The molecule has 1 heterocycles. The third kappa shape index (κ3) is 3.69. The molecule has 0 saturated heterocycles. The summed E-state index contributed by atoms with van der Waals surface area (Å²) in [5.74, 6) is 0. The summed E-state index contributed by atoms with van der Waals surface area (Å²) < 4.78 is 6.04. The molecule has 0 radical (unpaired) electrons. The topological polar surface area (TPSA) is 76.4 Å². The van der Waals surface area contributed by atoms with Gasteiger partial charge >= 0.3 is 0 Å². The molecule has 1 aromatic rings. The van der Waals surface area contributed by atoms with E-state index in [1.54, 1.807) is 6.92 Å². The lowest BCUT2D eigenvalue weighted by Crippen LogP contribution is -2.27. The van der Waals surface area contributed by atoms with Gasteiger partial charge in [-0.15, -0.1) is 0 Å². The number of rotatable bonds is 6. The molecule has 17 heavy (non-hydrogen) atoms. The smallest absolute Gasteiger partial charge is 0.287 e. The van der Waals surface area contributed by atoms with Crippen molar-refractivity contribution >= 4 is 17.3 Å². The van der Waals surface area contributed by atoms with Crippen molar-refractivity contribution < 1.29 is 9.84 Å². The zero-order valence-electron chi connectivity index (χ0n) is 9.81. The Kier molecular flexibility index (Phi) is 5.40. The third-order valence-electron chi connectivity index (χ3n) is 2.17. The van der Waals surface area contributed by atoms with Gasteiger partial charge in [0.05, 0.1) is 24.6 Å². The van der Waals surface area contributed by atoms with E-state index in [9.17, 15) is 9.90 Å². The van der Waals surface area contributed by atoms with Crippen LogP contribution >= 0.6 is 11.6 Å². The normalized spacial score (nSPS) is 12.5. The first-order chi connectivity index (χ1) is 8.10. The quantitative estimate of drug-likeness (QED) is 0.772. The lowest BCUT2D eigenvalue weighted by molar-refractivity contribution is 0.0727. The SMILES string of the molecule is CCn1ncc(NCC(O)COC)c(Cl)c1=O. The van der Waals surface area contributed by atoms with Gasteiger partial charge in [-0.1, -0.05) is 11.6 Å². The summed E-state index contributed by atoms with van der Waals surface area (Å²) in [5.41, 5.74) is 0.0666. The maximum Gasteiger partial charge on any atom is 0.287 e. The second kappa shape index (κ2) is 6.58. The van der Waals surface area contributed by atoms with Crippen LogP contribution in [0.15, 0.2) is 11.0 Å². The summed E-state index contributed by atoms with van der Waals surface area (Å²) in [5, 5.41) is 16.3. The minimum Gasteiger partial charge on any atom is -0.389 e. The van der Waals surface area contributed by atoms with Crippen molar-refractivity contribution in [2.24, 2.45) is 0 Å². The fourth-order valence-corrected chi connectivity index (χ4v) is 1.51. The average Bonchev–Trinajstić information content (AvgIpc) is 2.31. The molecule has 6 nitrogen and oxygen atoms in total. The van der Waals surface area contributed by atoms with Crippen LogP contribution in [0.3, 0.4) is 0 Å². The summed E-state index contributed by atoms with van der Waals surface area (Å²) in [7, 11) is 1.50. The molecule has 0 aromatic carbocycles. The number of aliphatic hydroxyl groups excluding tert-OH is 1. The molecule has 1 rings (SSSR count). The lowest BCUT2D eigenvalue weighted by Gasteiger charge is -2.12. The predicted octanol–water partition coefficient (Wildman–Crippen LogP) is 0.336. The summed E-state index contributed by atoms with van der Waals surface area (Å²) >= 11 is 5.89. The molecular weight excluding hydrogens is 246 g/mol. The molecule has 0 bridgehead atoms. The first-order valence-electron chi connectivity index (χ1n) is 5.26. The number of nitrogens with one attached hydrogen (secondary N) is 1. The van der Waals surface area contributed by atoms with E-state index >= 15 is 0 Å². The van der Waals surface area contributed by atoms with Gasteiger partial charge in [0.15, 0.2) is 0 Å². The molecule has 7 heteroatoms. The van der Waals surface area contributed by atoms with Gasteiger partial charge in [-0.3, -0.25) is 4.79 Å². The summed E-state index contributed by atoms with van der Waals surface area (Å²) in [6.07, 6.45) is 0.803. The Morgan fingerprint density at radius 1 is 1.71 bits per heavy atom. The van der Waals surface area contributed by atoms with Crippen LogP contribution < -0.4 is 10.9 Å². The second-order valence-electron chi connectivity index (χ2n) is 3.48. The second-order valence-corrected chi connectivity index (χ2v) is 3.86. The number of halogens is 1. The largest absolute Gasteiger partial charge is 0.389 e. The fraction of sp³-hybridized carbons (Fsp3) is 0.600. The number of hydrogen-bond acceptors (Lipinski definition) is 5. The maximum atomic E-state index is 11.6. The standard InChI is InChI=1S/C10H16ClN3O3/c1-3-14-10(16)9(11)8(5-13-14)12-4-7(15)6-17-2/h5,7,12,15H,3-4,6H2,1-2H3. The van der Waals surface area contributed by atoms with Crippen molar-refractivity contribution in [1.82, 2.24) is 9.78 Å². The molecular formula is C10H16ClN3O3.